The lowest BCUT2D eigenvalue weighted by atomic mass is 9.96. The fourth-order valence-corrected chi connectivity index (χ4v) is 5.63. The highest BCUT2D eigenvalue weighted by molar-refractivity contribution is 7.80. The van der Waals surface area contributed by atoms with Gasteiger partial charge in [0.05, 0.1) is 28.5 Å². The van der Waals surface area contributed by atoms with Gasteiger partial charge >= 0.3 is 0 Å². The van der Waals surface area contributed by atoms with E-state index in [1.165, 1.54) is 11.1 Å². The lowest BCUT2D eigenvalue weighted by Gasteiger charge is -2.28. The van der Waals surface area contributed by atoms with Gasteiger partial charge in [0.15, 0.2) is 5.11 Å². The van der Waals surface area contributed by atoms with E-state index in [1.54, 1.807) is 0 Å². The van der Waals surface area contributed by atoms with Crippen LogP contribution in [0.2, 0.25) is 5.02 Å². The van der Waals surface area contributed by atoms with Crippen molar-refractivity contribution in [1.82, 2.24) is 14.9 Å². The molecule has 2 atom stereocenters. The first-order valence-corrected chi connectivity index (χ1v) is 12.7. The molecule has 1 aliphatic rings. The second-order valence-corrected chi connectivity index (χ2v) is 10.2. The largest absolute Gasteiger partial charge is 0.351 e. The molecule has 1 fully saturated rings. The van der Waals surface area contributed by atoms with Gasteiger partial charge in [-0.15, -0.1) is 0 Å². The minimum Gasteiger partial charge on any atom is -0.351 e. The van der Waals surface area contributed by atoms with E-state index >= 15 is 0 Å². The number of benzene rings is 2. The molecule has 6 heteroatoms. The smallest absolute Gasteiger partial charge is 0.174 e. The van der Waals surface area contributed by atoms with Crippen LogP contribution >= 0.6 is 23.8 Å². The van der Waals surface area contributed by atoms with Crippen molar-refractivity contribution in [3.05, 3.63) is 112 Å². The Labute approximate surface area is 217 Å². The van der Waals surface area contributed by atoms with E-state index < -0.39 is 0 Å². The van der Waals surface area contributed by atoms with Crippen LogP contribution < -0.4 is 10.2 Å². The van der Waals surface area contributed by atoms with Crippen molar-refractivity contribution in [1.29, 1.82) is 0 Å². The summed E-state index contributed by atoms with van der Waals surface area (Å²) in [4.78, 5) is 6.92. The van der Waals surface area contributed by atoms with Crippen molar-refractivity contribution >= 4 is 34.6 Å². The second kappa shape index (κ2) is 9.48. The van der Waals surface area contributed by atoms with Crippen molar-refractivity contribution in [2.24, 2.45) is 0 Å². The molecule has 35 heavy (non-hydrogen) atoms. The van der Waals surface area contributed by atoms with Gasteiger partial charge in [-0.3, -0.25) is 4.98 Å². The van der Waals surface area contributed by atoms with Crippen molar-refractivity contribution < 1.29 is 0 Å². The topological polar surface area (TPSA) is 33.1 Å². The fourth-order valence-electron chi connectivity index (χ4n) is 5.06. The van der Waals surface area contributed by atoms with E-state index in [-0.39, 0.29) is 12.1 Å². The number of aryl methyl sites for hydroxylation is 1. The van der Waals surface area contributed by atoms with E-state index in [9.17, 15) is 0 Å². The van der Waals surface area contributed by atoms with E-state index in [2.05, 4.69) is 84.9 Å². The van der Waals surface area contributed by atoms with E-state index in [1.807, 2.05) is 36.5 Å². The number of hydrogen-bond donors (Lipinski definition) is 1. The Morgan fingerprint density at radius 3 is 2.34 bits per heavy atom. The molecule has 3 heterocycles. The monoisotopic (exact) mass is 500 g/mol. The molecule has 2 aromatic heterocycles. The van der Waals surface area contributed by atoms with E-state index in [0.717, 1.165) is 33.5 Å². The third-order valence-corrected chi connectivity index (χ3v) is 7.45. The Morgan fingerprint density at radius 1 is 0.971 bits per heavy atom. The summed E-state index contributed by atoms with van der Waals surface area (Å²) in [5.74, 6) is 0.472. The lowest BCUT2D eigenvalue weighted by Crippen LogP contribution is -2.29. The number of rotatable bonds is 5. The van der Waals surface area contributed by atoms with E-state index in [0.29, 0.717) is 11.0 Å². The first kappa shape index (κ1) is 23.6. The number of pyridine rings is 1. The Balaban J connectivity index is 1.67. The van der Waals surface area contributed by atoms with Crippen LogP contribution in [0.3, 0.4) is 0 Å². The second-order valence-electron chi connectivity index (χ2n) is 9.36. The molecule has 0 saturated carbocycles. The summed E-state index contributed by atoms with van der Waals surface area (Å²) >= 11 is 12.5. The third kappa shape index (κ3) is 4.24. The molecule has 0 aliphatic carbocycles. The van der Waals surface area contributed by atoms with Gasteiger partial charge in [-0.1, -0.05) is 55.8 Å². The number of aromatic nitrogens is 2. The molecule has 4 aromatic rings. The molecule has 4 nitrogen and oxygen atoms in total. The van der Waals surface area contributed by atoms with Crippen LogP contribution in [-0.2, 0) is 0 Å². The molecule has 0 amide bonds. The SMILES string of the molecule is Cc1cc([C@@H]2[C@@H](c3ccccn3)NC(=S)N2c2ccc(C(C)C)cc2)c(C)n1-c1ccccc1Cl. The molecule has 0 spiro atoms. The van der Waals surface area contributed by atoms with Gasteiger partial charge in [0.1, 0.15) is 0 Å². The maximum absolute atomic E-state index is 6.61. The number of nitrogens with one attached hydrogen (secondary N) is 1. The summed E-state index contributed by atoms with van der Waals surface area (Å²) in [5, 5.41) is 5.00. The van der Waals surface area contributed by atoms with Gasteiger partial charge in [0.25, 0.3) is 0 Å². The fraction of sp³-hybridized carbons (Fsp3) is 0.241. The zero-order chi connectivity index (χ0) is 24.7. The molecular formula is C29H29ClN4S. The summed E-state index contributed by atoms with van der Waals surface area (Å²) < 4.78 is 2.23. The van der Waals surface area contributed by atoms with Crippen LogP contribution in [-0.4, -0.2) is 14.7 Å². The van der Waals surface area contributed by atoms with Crippen LogP contribution in [0.5, 0.6) is 0 Å². The predicted molar refractivity (Wildman–Crippen MR) is 149 cm³/mol. The van der Waals surface area contributed by atoms with Crippen LogP contribution in [0, 0.1) is 13.8 Å². The third-order valence-electron chi connectivity index (χ3n) is 6.82. The normalized spacial score (nSPS) is 17.8. The number of hydrogen-bond acceptors (Lipinski definition) is 2. The molecule has 1 saturated heterocycles. The van der Waals surface area contributed by atoms with Gasteiger partial charge in [-0.05, 0) is 85.6 Å². The maximum atomic E-state index is 6.61. The van der Waals surface area contributed by atoms with E-state index in [4.69, 9.17) is 28.8 Å². The minimum absolute atomic E-state index is 0.0651. The average Bonchev–Trinajstić information content (AvgIpc) is 3.35. The molecule has 0 unspecified atom stereocenters. The van der Waals surface area contributed by atoms with Gasteiger partial charge in [-0.2, -0.15) is 0 Å². The van der Waals surface area contributed by atoms with Crippen molar-refractivity contribution in [2.45, 2.75) is 45.7 Å². The highest BCUT2D eigenvalue weighted by atomic mass is 35.5. The summed E-state index contributed by atoms with van der Waals surface area (Å²) in [6.45, 7) is 8.70. The predicted octanol–water partition coefficient (Wildman–Crippen LogP) is 7.44. The maximum Gasteiger partial charge on any atom is 0.174 e. The Bertz CT molecular complexity index is 1360. The molecule has 0 radical (unpaired) electrons. The summed E-state index contributed by atoms with van der Waals surface area (Å²) in [7, 11) is 0. The Morgan fingerprint density at radius 2 is 1.69 bits per heavy atom. The number of nitrogens with zero attached hydrogens (tertiary/aromatic N) is 3. The zero-order valence-corrected chi connectivity index (χ0v) is 21.9. The molecule has 2 aromatic carbocycles. The molecule has 1 N–H and O–H groups in total. The first-order chi connectivity index (χ1) is 16.9. The average molecular weight is 501 g/mol. The molecule has 5 rings (SSSR count). The highest BCUT2D eigenvalue weighted by Gasteiger charge is 2.42. The van der Waals surface area contributed by atoms with Gasteiger partial charge in [-0.25, -0.2) is 0 Å². The standard InChI is InChI=1S/C29H29ClN4S/c1-18(2)21-12-14-22(15-13-21)34-28(27(32-29(34)35)25-10-7-8-16-31-25)23-17-19(3)33(20(23)4)26-11-6-5-9-24(26)30/h5-18,27-28H,1-4H3,(H,32,35)/t27-,28-/m1/s1. The number of para-hydroxylation sites is 1. The Hall–Kier alpha value is -3.15. The van der Waals surface area contributed by atoms with Crippen LogP contribution in [0.4, 0.5) is 5.69 Å². The zero-order valence-electron chi connectivity index (χ0n) is 20.4. The molecule has 178 valence electrons. The summed E-state index contributed by atoms with van der Waals surface area (Å²) in [5.41, 5.74) is 7.77. The van der Waals surface area contributed by atoms with Crippen molar-refractivity contribution in [3.8, 4) is 5.69 Å². The quantitative estimate of drug-likeness (QED) is 0.288. The van der Waals surface area contributed by atoms with Crippen molar-refractivity contribution in [2.75, 3.05) is 4.90 Å². The molecule has 0 bridgehead atoms. The van der Waals surface area contributed by atoms with Crippen molar-refractivity contribution in [3.63, 3.8) is 0 Å². The molecule has 1 aliphatic heterocycles. The number of anilines is 1. The van der Waals surface area contributed by atoms with Gasteiger partial charge in [0.2, 0.25) is 0 Å². The first-order valence-electron chi connectivity index (χ1n) is 11.9. The van der Waals surface area contributed by atoms with Gasteiger partial charge < -0.3 is 14.8 Å². The van der Waals surface area contributed by atoms with Crippen LogP contribution in [0.1, 0.15) is 60.1 Å². The Kier molecular flexibility index (Phi) is 6.39. The highest BCUT2D eigenvalue weighted by Crippen LogP contribution is 2.44. The van der Waals surface area contributed by atoms with Crippen LogP contribution in [0.15, 0.2) is 79.0 Å². The summed E-state index contributed by atoms with van der Waals surface area (Å²) in [6.07, 6.45) is 1.84. The lowest BCUT2D eigenvalue weighted by molar-refractivity contribution is 0.565. The number of halogens is 1. The van der Waals surface area contributed by atoms with Crippen LogP contribution in [0.25, 0.3) is 5.69 Å². The number of thiocarbonyl (C=S) groups is 1. The summed E-state index contributed by atoms with van der Waals surface area (Å²) in [6, 6.07) is 24.8. The van der Waals surface area contributed by atoms with Gasteiger partial charge in [0, 0.05) is 23.3 Å². The molecular weight excluding hydrogens is 472 g/mol. The minimum atomic E-state index is -0.0892.